The maximum atomic E-state index is 11.8. The maximum Gasteiger partial charge on any atom is 0.309 e. The van der Waals surface area contributed by atoms with Gasteiger partial charge in [-0.15, -0.1) is 0 Å². The molecule has 2 aliphatic heterocycles. The van der Waals surface area contributed by atoms with Gasteiger partial charge in [0.05, 0.1) is 36.8 Å². The van der Waals surface area contributed by atoms with E-state index >= 15 is 0 Å². The molecule has 10 nitrogen and oxygen atoms in total. The van der Waals surface area contributed by atoms with Crippen molar-refractivity contribution in [1.82, 2.24) is 0 Å². The number of cyclic esters (lactones) is 4. The molecular formula is C24H38N2O8. The molecule has 2 aliphatic carbocycles. The molecule has 0 bridgehead atoms. The lowest BCUT2D eigenvalue weighted by atomic mass is 9.69. The van der Waals surface area contributed by atoms with Crippen LogP contribution in [0.2, 0.25) is 0 Å². The monoisotopic (exact) mass is 482 g/mol. The molecule has 4 aliphatic rings. The number of esters is 4. The van der Waals surface area contributed by atoms with E-state index in [0.717, 1.165) is 38.5 Å². The topological polar surface area (TPSA) is 157 Å². The van der Waals surface area contributed by atoms with Gasteiger partial charge < -0.3 is 30.4 Å². The average Bonchev–Trinajstić information content (AvgIpc) is 2.88. The van der Waals surface area contributed by atoms with Gasteiger partial charge in [0, 0.05) is 0 Å². The van der Waals surface area contributed by atoms with Crippen LogP contribution in [0.3, 0.4) is 0 Å². The molecule has 2 heterocycles. The zero-order valence-corrected chi connectivity index (χ0v) is 19.8. The predicted octanol–water partition coefficient (Wildman–Crippen LogP) is 1.36. The highest BCUT2D eigenvalue weighted by molar-refractivity contribution is 5.82. The Labute approximate surface area is 200 Å². The Morgan fingerprint density at radius 1 is 0.588 bits per heavy atom. The first-order valence-electron chi connectivity index (χ1n) is 12.4. The summed E-state index contributed by atoms with van der Waals surface area (Å²) < 4.78 is 20.5. The Balaban J connectivity index is 0.000000192. The van der Waals surface area contributed by atoms with Crippen LogP contribution in [0.1, 0.15) is 70.6 Å². The first-order chi connectivity index (χ1) is 16.3. The second-order valence-corrected chi connectivity index (χ2v) is 10.1. The highest BCUT2D eigenvalue weighted by Crippen LogP contribution is 2.43. The summed E-state index contributed by atoms with van der Waals surface area (Å²) in [5.41, 5.74) is 11.1. The summed E-state index contributed by atoms with van der Waals surface area (Å²) >= 11 is 0. The Morgan fingerprint density at radius 2 is 1.00 bits per heavy atom. The summed E-state index contributed by atoms with van der Waals surface area (Å²) in [6, 6.07) is -0.827. The van der Waals surface area contributed by atoms with Crippen LogP contribution in [0.15, 0.2) is 0 Å². The van der Waals surface area contributed by atoms with E-state index in [1.54, 1.807) is 0 Å². The Morgan fingerprint density at radius 3 is 1.44 bits per heavy atom. The molecule has 10 heteroatoms. The molecule has 0 unspecified atom stereocenters. The van der Waals surface area contributed by atoms with Gasteiger partial charge >= 0.3 is 23.9 Å². The molecule has 0 radical (unpaired) electrons. The van der Waals surface area contributed by atoms with Gasteiger partial charge in [-0.05, 0) is 31.1 Å². The SMILES string of the molecule is NC1COC(=O)CC2(CCCCC2)CC(=O)OC1.NC1COC(=O)[C@H]2CCCC[C@@H]2C(=O)OC1. The fraction of sp³-hybridized carbons (Fsp3) is 0.833. The molecule has 0 aromatic carbocycles. The van der Waals surface area contributed by atoms with Crippen molar-refractivity contribution >= 4 is 23.9 Å². The summed E-state index contributed by atoms with van der Waals surface area (Å²) in [7, 11) is 0. The van der Waals surface area contributed by atoms with E-state index in [2.05, 4.69) is 0 Å². The lowest BCUT2D eigenvalue weighted by molar-refractivity contribution is -0.159. The van der Waals surface area contributed by atoms with Crippen LogP contribution in [0.5, 0.6) is 0 Å². The Hall–Kier alpha value is -2.20. The molecule has 34 heavy (non-hydrogen) atoms. The molecule has 2 saturated heterocycles. The number of nitrogens with two attached hydrogens (primary N) is 2. The number of fused-ring (bicyclic) bond motifs is 1. The molecule has 2 saturated carbocycles. The molecule has 4 N–H and O–H groups in total. The minimum atomic E-state index is -0.418. The normalized spacial score (nSPS) is 29.5. The van der Waals surface area contributed by atoms with Crippen LogP contribution in [0, 0.1) is 17.3 Å². The van der Waals surface area contributed by atoms with E-state index < -0.39 is 12.1 Å². The molecule has 0 aromatic heterocycles. The third-order valence-electron chi connectivity index (χ3n) is 7.12. The van der Waals surface area contributed by atoms with Crippen molar-refractivity contribution in [2.45, 2.75) is 82.7 Å². The number of carbonyl (C=O) groups is 4. The molecular weight excluding hydrogens is 444 g/mol. The Bertz CT molecular complexity index is 684. The highest BCUT2D eigenvalue weighted by Gasteiger charge is 2.39. The van der Waals surface area contributed by atoms with E-state index in [1.807, 2.05) is 0 Å². The van der Waals surface area contributed by atoms with Crippen LogP contribution < -0.4 is 11.5 Å². The molecule has 4 fully saturated rings. The van der Waals surface area contributed by atoms with Crippen LogP contribution in [-0.4, -0.2) is 62.4 Å². The number of rotatable bonds is 0. The van der Waals surface area contributed by atoms with Gasteiger partial charge in [-0.25, -0.2) is 0 Å². The fourth-order valence-electron chi connectivity index (χ4n) is 5.22. The van der Waals surface area contributed by atoms with Gasteiger partial charge in [-0.3, -0.25) is 19.2 Å². The van der Waals surface area contributed by atoms with E-state index in [1.165, 1.54) is 6.42 Å². The van der Waals surface area contributed by atoms with Crippen molar-refractivity contribution in [3.05, 3.63) is 0 Å². The second-order valence-electron chi connectivity index (χ2n) is 10.1. The lowest BCUT2D eigenvalue weighted by Crippen LogP contribution is -2.38. The van der Waals surface area contributed by atoms with Crippen molar-refractivity contribution in [1.29, 1.82) is 0 Å². The Kier molecular flexibility index (Phi) is 9.70. The van der Waals surface area contributed by atoms with Gasteiger partial charge in [0.15, 0.2) is 0 Å². The van der Waals surface area contributed by atoms with Crippen LogP contribution in [0.4, 0.5) is 0 Å². The van der Waals surface area contributed by atoms with E-state index in [4.69, 9.17) is 30.4 Å². The van der Waals surface area contributed by atoms with Gasteiger partial charge in [0.25, 0.3) is 0 Å². The maximum absolute atomic E-state index is 11.8. The quantitative estimate of drug-likeness (QED) is 0.381. The molecule has 0 aromatic rings. The first-order valence-corrected chi connectivity index (χ1v) is 12.4. The third-order valence-corrected chi connectivity index (χ3v) is 7.12. The summed E-state index contributed by atoms with van der Waals surface area (Å²) in [5.74, 6) is -1.71. The van der Waals surface area contributed by atoms with Crippen molar-refractivity contribution in [3.63, 3.8) is 0 Å². The van der Waals surface area contributed by atoms with E-state index in [9.17, 15) is 19.2 Å². The van der Waals surface area contributed by atoms with Crippen molar-refractivity contribution in [2.24, 2.45) is 28.7 Å². The molecule has 192 valence electrons. The fourth-order valence-corrected chi connectivity index (χ4v) is 5.22. The van der Waals surface area contributed by atoms with Crippen LogP contribution in [0.25, 0.3) is 0 Å². The minimum absolute atomic E-state index is 0.127. The van der Waals surface area contributed by atoms with Crippen molar-refractivity contribution < 1.29 is 38.1 Å². The predicted molar refractivity (Wildman–Crippen MR) is 120 cm³/mol. The number of hydrogen-bond acceptors (Lipinski definition) is 10. The van der Waals surface area contributed by atoms with Crippen LogP contribution >= 0.6 is 0 Å². The summed E-state index contributed by atoms with van der Waals surface area (Å²) in [5, 5.41) is 0. The van der Waals surface area contributed by atoms with Gasteiger partial charge in [0.1, 0.15) is 26.4 Å². The average molecular weight is 483 g/mol. The second kappa shape index (κ2) is 12.5. The smallest absolute Gasteiger partial charge is 0.309 e. The summed E-state index contributed by atoms with van der Waals surface area (Å²) in [6.07, 6.45) is 9.12. The van der Waals surface area contributed by atoms with Crippen molar-refractivity contribution in [3.8, 4) is 0 Å². The van der Waals surface area contributed by atoms with E-state index in [-0.39, 0.29) is 67.6 Å². The molecule has 0 amide bonds. The largest absolute Gasteiger partial charge is 0.464 e. The third kappa shape index (κ3) is 7.66. The molecule has 2 atom stereocenters. The molecule has 4 rings (SSSR count). The van der Waals surface area contributed by atoms with E-state index in [0.29, 0.717) is 25.7 Å². The zero-order valence-electron chi connectivity index (χ0n) is 19.8. The lowest BCUT2D eigenvalue weighted by Gasteiger charge is -2.36. The van der Waals surface area contributed by atoms with Crippen LogP contribution in [-0.2, 0) is 38.1 Å². The van der Waals surface area contributed by atoms with Gasteiger partial charge in [-0.2, -0.15) is 0 Å². The summed E-state index contributed by atoms with van der Waals surface area (Å²) in [6.45, 7) is 0.523. The van der Waals surface area contributed by atoms with Gasteiger partial charge in [-0.1, -0.05) is 32.1 Å². The summed E-state index contributed by atoms with van der Waals surface area (Å²) in [4.78, 5) is 47.1. The standard InChI is InChI=1S/C13H21NO4.C11H17NO4/c14-10-8-17-11(15)6-13(4-2-1-3-5-13)7-12(16)18-9-10;12-7-5-15-10(13)8-3-1-2-4-9(8)11(14)16-6-7/h10H,1-9,14H2;7-9H,1-6,12H2/t;8-,9-/m.0/s1. The number of ether oxygens (including phenoxy) is 4. The number of carbonyl (C=O) groups excluding carboxylic acids is 4. The minimum Gasteiger partial charge on any atom is -0.464 e. The first kappa shape index (κ1) is 26.4. The van der Waals surface area contributed by atoms with Gasteiger partial charge in [0.2, 0.25) is 0 Å². The highest BCUT2D eigenvalue weighted by atomic mass is 16.6. The molecule has 1 spiro atoms. The number of hydrogen-bond donors (Lipinski definition) is 2. The zero-order chi connectivity index (χ0) is 24.6. The van der Waals surface area contributed by atoms with Crippen molar-refractivity contribution in [2.75, 3.05) is 26.4 Å².